The van der Waals surface area contributed by atoms with Gasteiger partial charge in [0.05, 0.1) is 11.3 Å². The zero-order valence-electron chi connectivity index (χ0n) is 10.4. The van der Waals surface area contributed by atoms with Crippen LogP contribution < -0.4 is 10.6 Å². The number of benzene rings is 1. The molecule has 1 aromatic carbocycles. The maximum Gasteiger partial charge on any atom is 0.326 e. The predicted octanol–water partition coefficient (Wildman–Crippen LogP) is 1.85. The number of anilines is 1. The van der Waals surface area contributed by atoms with Crippen LogP contribution in [0, 0.1) is 17.1 Å². The largest absolute Gasteiger partial charge is 0.480 e. The van der Waals surface area contributed by atoms with Crippen LogP contribution in [-0.2, 0) is 4.79 Å². The maximum absolute atomic E-state index is 12.9. The second-order valence-electron chi connectivity index (χ2n) is 3.82. The van der Waals surface area contributed by atoms with Gasteiger partial charge in [-0.1, -0.05) is 6.08 Å². The van der Waals surface area contributed by atoms with E-state index in [4.69, 9.17) is 10.4 Å². The lowest BCUT2D eigenvalue weighted by Crippen LogP contribution is -2.42. The second kappa shape index (κ2) is 6.89. The molecule has 1 atom stereocenters. The quantitative estimate of drug-likeness (QED) is 0.714. The third kappa shape index (κ3) is 4.10. The fourth-order valence-electron chi connectivity index (χ4n) is 1.42. The molecule has 0 aliphatic rings. The number of hydrogen-bond donors (Lipinski definition) is 3. The fourth-order valence-corrected chi connectivity index (χ4v) is 1.42. The number of nitrogens with one attached hydrogen (secondary N) is 2. The molecule has 6 nitrogen and oxygen atoms in total. The van der Waals surface area contributed by atoms with Crippen molar-refractivity contribution in [3.63, 3.8) is 0 Å². The predicted molar refractivity (Wildman–Crippen MR) is 69.5 cm³/mol. The Morgan fingerprint density at radius 1 is 1.55 bits per heavy atom. The van der Waals surface area contributed by atoms with Crippen LogP contribution in [0.25, 0.3) is 0 Å². The highest BCUT2D eigenvalue weighted by atomic mass is 19.1. The Labute approximate surface area is 114 Å². The SMILES string of the molecule is C=CCC(NC(=O)Nc1ccc(F)cc1C#N)C(=O)O. The molecule has 1 rings (SSSR count). The van der Waals surface area contributed by atoms with Gasteiger partial charge in [0.2, 0.25) is 0 Å². The van der Waals surface area contributed by atoms with Gasteiger partial charge in [0.25, 0.3) is 0 Å². The first-order valence-electron chi connectivity index (χ1n) is 5.58. The van der Waals surface area contributed by atoms with Crippen molar-refractivity contribution in [3.05, 3.63) is 42.2 Å². The lowest BCUT2D eigenvalue weighted by atomic mass is 10.2. The minimum absolute atomic E-state index is 0.0529. The summed E-state index contributed by atoms with van der Waals surface area (Å²) in [5.74, 6) is -1.82. The summed E-state index contributed by atoms with van der Waals surface area (Å²) < 4.78 is 12.9. The number of amides is 2. The van der Waals surface area contributed by atoms with Gasteiger partial charge in [-0.2, -0.15) is 5.26 Å². The Morgan fingerprint density at radius 2 is 2.25 bits per heavy atom. The molecule has 0 spiro atoms. The van der Waals surface area contributed by atoms with Crippen molar-refractivity contribution in [2.24, 2.45) is 0 Å². The lowest BCUT2D eigenvalue weighted by molar-refractivity contribution is -0.139. The lowest BCUT2D eigenvalue weighted by Gasteiger charge is -2.14. The molecule has 0 bridgehead atoms. The van der Waals surface area contributed by atoms with E-state index in [0.717, 1.165) is 12.1 Å². The van der Waals surface area contributed by atoms with Crippen LogP contribution in [0.1, 0.15) is 12.0 Å². The van der Waals surface area contributed by atoms with E-state index in [2.05, 4.69) is 17.2 Å². The zero-order chi connectivity index (χ0) is 15.1. The first-order chi connectivity index (χ1) is 9.47. The smallest absolute Gasteiger partial charge is 0.326 e. The van der Waals surface area contributed by atoms with Gasteiger partial charge >= 0.3 is 12.0 Å². The molecule has 0 aromatic heterocycles. The maximum atomic E-state index is 12.9. The number of nitriles is 1. The summed E-state index contributed by atoms with van der Waals surface area (Å²) in [6, 6.07) is 3.06. The van der Waals surface area contributed by atoms with E-state index in [1.54, 1.807) is 6.07 Å². The highest BCUT2D eigenvalue weighted by Gasteiger charge is 2.18. The van der Waals surface area contributed by atoms with Crippen molar-refractivity contribution in [1.29, 1.82) is 5.26 Å². The third-order valence-electron chi connectivity index (χ3n) is 2.36. The van der Waals surface area contributed by atoms with Crippen LogP contribution in [0.3, 0.4) is 0 Å². The Bertz CT molecular complexity index is 581. The molecule has 7 heteroatoms. The summed E-state index contributed by atoms with van der Waals surface area (Å²) in [7, 11) is 0. The number of urea groups is 1. The van der Waals surface area contributed by atoms with Gasteiger partial charge in [0, 0.05) is 0 Å². The van der Waals surface area contributed by atoms with E-state index in [0.29, 0.717) is 0 Å². The first-order valence-corrected chi connectivity index (χ1v) is 5.58. The summed E-state index contributed by atoms with van der Waals surface area (Å²) in [5, 5.41) is 22.2. The Hall–Kier alpha value is -2.88. The Morgan fingerprint density at radius 3 is 2.80 bits per heavy atom. The number of carboxylic acids is 1. The average molecular weight is 277 g/mol. The van der Waals surface area contributed by atoms with Gasteiger partial charge in [-0.15, -0.1) is 6.58 Å². The van der Waals surface area contributed by atoms with Gasteiger partial charge in [-0.3, -0.25) is 0 Å². The van der Waals surface area contributed by atoms with Crippen molar-refractivity contribution in [2.45, 2.75) is 12.5 Å². The number of carbonyl (C=O) groups is 2. The monoisotopic (exact) mass is 277 g/mol. The van der Waals surface area contributed by atoms with Crippen LogP contribution in [-0.4, -0.2) is 23.1 Å². The van der Waals surface area contributed by atoms with Crippen molar-refractivity contribution in [3.8, 4) is 6.07 Å². The average Bonchev–Trinajstić information content (AvgIpc) is 2.40. The normalized spacial score (nSPS) is 11.0. The van der Waals surface area contributed by atoms with E-state index in [9.17, 15) is 14.0 Å². The molecule has 0 radical (unpaired) electrons. The Kier molecular flexibility index (Phi) is 5.23. The van der Waals surface area contributed by atoms with Gasteiger partial charge in [-0.25, -0.2) is 14.0 Å². The summed E-state index contributed by atoms with van der Waals surface area (Å²) in [6.07, 6.45) is 1.41. The molecule has 0 heterocycles. The van der Waals surface area contributed by atoms with Crippen molar-refractivity contribution >= 4 is 17.7 Å². The van der Waals surface area contributed by atoms with E-state index in [-0.39, 0.29) is 17.7 Å². The van der Waals surface area contributed by atoms with Crippen LogP contribution >= 0.6 is 0 Å². The molecule has 0 saturated heterocycles. The van der Waals surface area contributed by atoms with Crippen molar-refractivity contribution in [1.82, 2.24) is 5.32 Å². The Balaban J connectivity index is 2.78. The van der Waals surface area contributed by atoms with Crippen LogP contribution in [0.5, 0.6) is 0 Å². The molecule has 0 aliphatic carbocycles. The molecule has 104 valence electrons. The second-order valence-corrected chi connectivity index (χ2v) is 3.82. The van der Waals surface area contributed by atoms with Gasteiger partial charge in [0.1, 0.15) is 17.9 Å². The molecule has 0 fully saturated rings. The molecule has 20 heavy (non-hydrogen) atoms. The van der Waals surface area contributed by atoms with Crippen LogP contribution in [0.2, 0.25) is 0 Å². The number of carbonyl (C=O) groups excluding carboxylic acids is 1. The standard InChI is InChI=1S/C13H12FN3O3/c1-2-3-11(12(18)19)17-13(20)16-10-5-4-9(14)6-8(10)7-15/h2,4-6,11H,1,3H2,(H,18,19)(H2,16,17,20). The van der Waals surface area contributed by atoms with Crippen molar-refractivity contribution in [2.75, 3.05) is 5.32 Å². The number of aliphatic carboxylic acids is 1. The topological polar surface area (TPSA) is 102 Å². The number of halogens is 1. The van der Waals surface area contributed by atoms with Gasteiger partial charge in [0.15, 0.2) is 0 Å². The number of carboxylic acid groups (broad SMARTS) is 1. The summed E-state index contributed by atoms with van der Waals surface area (Å²) >= 11 is 0. The molecule has 0 saturated carbocycles. The van der Waals surface area contributed by atoms with Gasteiger partial charge in [-0.05, 0) is 24.6 Å². The molecular weight excluding hydrogens is 265 g/mol. The molecule has 0 aliphatic heterocycles. The summed E-state index contributed by atoms with van der Waals surface area (Å²) in [5.41, 5.74) is 0.0323. The fraction of sp³-hybridized carbons (Fsp3) is 0.154. The zero-order valence-corrected chi connectivity index (χ0v) is 10.4. The highest BCUT2D eigenvalue weighted by molar-refractivity contribution is 5.93. The molecule has 1 unspecified atom stereocenters. The third-order valence-corrected chi connectivity index (χ3v) is 2.36. The number of hydrogen-bond acceptors (Lipinski definition) is 3. The van der Waals surface area contributed by atoms with Crippen molar-refractivity contribution < 1.29 is 19.1 Å². The minimum Gasteiger partial charge on any atom is -0.480 e. The number of rotatable bonds is 5. The molecule has 2 amide bonds. The molecule has 1 aromatic rings. The van der Waals surface area contributed by atoms with Crippen LogP contribution in [0.15, 0.2) is 30.9 Å². The summed E-state index contributed by atoms with van der Waals surface area (Å²) in [4.78, 5) is 22.5. The summed E-state index contributed by atoms with van der Waals surface area (Å²) in [6.45, 7) is 3.39. The van der Waals surface area contributed by atoms with E-state index in [1.165, 1.54) is 12.1 Å². The van der Waals surface area contributed by atoms with E-state index >= 15 is 0 Å². The minimum atomic E-state index is -1.21. The van der Waals surface area contributed by atoms with Crippen LogP contribution in [0.4, 0.5) is 14.9 Å². The van der Waals surface area contributed by atoms with Gasteiger partial charge < -0.3 is 15.7 Å². The highest BCUT2D eigenvalue weighted by Crippen LogP contribution is 2.15. The molecule has 3 N–H and O–H groups in total. The molecular formula is C13H12FN3O3. The van der Waals surface area contributed by atoms with E-state index in [1.807, 2.05) is 0 Å². The number of nitrogens with zero attached hydrogens (tertiary/aromatic N) is 1. The first kappa shape index (κ1) is 15.2. The van der Waals surface area contributed by atoms with E-state index < -0.39 is 23.9 Å².